The highest BCUT2D eigenvalue weighted by atomic mass is 16.6. The largest absolute Gasteiger partial charge is 0.391 e. The number of oxime groups is 1. The van der Waals surface area contributed by atoms with Gasteiger partial charge in [-0.3, -0.25) is 4.79 Å². The molecule has 3 nitrogen and oxygen atoms in total. The molecule has 3 heteroatoms. The Labute approximate surface area is 106 Å². The number of ketones is 1. The summed E-state index contributed by atoms with van der Waals surface area (Å²) in [6.07, 6.45) is 3.88. The van der Waals surface area contributed by atoms with E-state index in [4.69, 9.17) is 4.84 Å². The summed E-state index contributed by atoms with van der Waals surface area (Å²) in [6, 6.07) is 9.41. The van der Waals surface area contributed by atoms with Crippen LogP contribution in [0, 0.1) is 17.8 Å². The van der Waals surface area contributed by atoms with E-state index in [-0.39, 0.29) is 17.8 Å². The maximum absolute atomic E-state index is 12.5. The van der Waals surface area contributed by atoms with Gasteiger partial charge >= 0.3 is 0 Å². The van der Waals surface area contributed by atoms with Gasteiger partial charge in [0.05, 0.1) is 5.92 Å². The molecule has 18 heavy (non-hydrogen) atoms. The van der Waals surface area contributed by atoms with Gasteiger partial charge in [0.2, 0.25) is 5.78 Å². The molecule has 0 N–H and O–H groups in total. The molecule has 3 aliphatic rings. The molecule has 1 aliphatic heterocycles. The SMILES string of the molecule is O=C(C1=NO[C@@H]2[C@@H]3CC[C@H](C3)[C@@H]12)c1ccccc1. The summed E-state index contributed by atoms with van der Waals surface area (Å²) < 4.78 is 0. The Morgan fingerprint density at radius 3 is 2.78 bits per heavy atom. The second kappa shape index (κ2) is 3.67. The average molecular weight is 241 g/mol. The molecule has 4 atom stereocenters. The predicted molar refractivity (Wildman–Crippen MR) is 67.4 cm³/mol. The molecule has 0 amide bonds. The van der Waals surface area contributed by atoms with Crippen molar-refractivity contribution in [2.45, 2.75) is 25.4 Å². The maximum atomic E-state index is 12.5. The fourth-order valence-corrected chi connectivity index (χ4v) is 3.88. The van der Waals surface area contributed by atoms with E-state index in [1.54, 1.807) is 0 Å². The summed E-state index contributed by atoms with van der Waals surface area (Å²) in [5.74, 6) is 1.56. The van der Waals surface area contributed by atoms with Crippen LogP contribution in [0.1, 0.15) is 29.6 Å². The molecule has 2 bridgehead atoms. The highest BCUT2D eigenvalue weighted by Gasteiger charge is 2.55. The first-order valence-corrected chi connectivity index (χ1v) is 6.68. The molecule has 0 unspecified atom stereocenters. The Balaban J connectivity index is 1.65. The van der Waals surface area contributed by atoms with Gasteiger partial charge in [0, 0.05) is 5.56 Å². The minimum Gasteiger partial charge on any atom is -0.391 e. The standard InChI is InChI=1S/C15H15NO2/c17-14(9-4-2-1-3-5-9)13-12-10-6-7-11(8-10)15(12)18-16-13/h1-5,10-12,15H,6-8H2/t10-,11-,12+,15-/m1/s1. The van der Waals surface area contributed by atoms with E-state index in [0.717, 1.165) is 5.56 Å². The van der Waals surface area contributed by atoms with Gasteiger partial charge in [0.25, 0.3) is 0 Å². The summed E-state index contributed by atoms with van der Waals surface area (Å²) in [7, 11) is 0. The van der Waals surface area contributed by atoms with Crippen molar-refractivity contribution in [3.05, 3.63) is 35.9 Å². The number of fused-ring (bicyclic) bond motifs is 5. The van der Waals surface area contributed by atoms with Crippen LogP contribution in [0.4, 0.5) is 0 Å². The summed E-state index contributed by atoms with van der Waals surface area (Å²) in [5.41, 5.74) is 1.39. The van der Waals surface area contributed by atoms with Gasteiger partial charge in [-0.15, -0.1) is 0 Å². The van der Waals surface area contributed by atoms with Crippen LogP contribution in [-0.2, 0) is 4.84 Å². The molecule has 0 saturated heterocycles. The minimum atomic E-state index is 0.0515. The van der Waals surface area contributed by atoms with Gasteiger partial charge in [0.1, 0.15) is 11.8 Å². The summed E-state index contributed by atoms with van der Waals surface area (Å²) in [6.45, 7) is 0. The summed E-state index contributed by atoms with van der Waals surface area (Å²) >= 11 is 0. The van der Waals surface area contributed by atoms with Crippen molar-refractivity contribution < 1.29 is 9.63 Å². The first kappa shape index (κ1) is 10.3. The Bertz CT molecular complexity index is 523. The van der Waals surface area contributed by atoms with Crippen LogP contribution >= 0.6 is 0 Å². The van der Waals surface area contributed by atoms with Crippen LogP contribution in [0.3, 0.4) is 0 Å². The molecule has 2 fully saturated rings. The number of hydrogen-bond acceptors (Lipinski definition) is 3. The first-order valence-electron chi connectivity index (χ1n) is 6.68. The molecule has 0 radical (unpaired) electrons. The number of Topliss-reactive ketones (excluding diaryl/α,β-unsaturated/α-hetero) is 1. The summed E-state index contributed by atoms with van der Waals surface area (Å²) in [4.78, 5) is 18.0. The van der Waals surface area contributed by atoms with Crippen LogP contribution in [0.2, 0.25) is 0 Å². The fraction of sp³-hybridized carbons (Fsp3) is 0.467. The number of hydrogen-bond donors (Lipinski definition) is 0. The van der Waals surface area contributed by atoms with E-state index in [1.807, 2.05) is 30.3 Å². The molecule has 1 aromatic carbocycles. The normalized spacial score (nSPS) is 36.1. The van der Waals surface area contributed by atoms with Crippen molar-refractivity contribution >= 4 is 11.5 Å². The third kappa shape index (κ3) is 1.30. The lowest BCUT2D eigenvalue weighted by Gasteiger charge is -2.22. The molecular formula is C15H15NO2. The topological polar surface area (TPSA) is 38.7 Å². The molecular weight excluding hydrogens is 226 g/mol. The van der Waals surface area contributed by atoms with Gasteiger partial charge in [-0.05, 0) is 31.1 Å². The van der Waals surface area contributed by atoms with Crippen molar-refractivity contribution in [3.8, 4) is 0 Å². The number of nitrogens with zero attached hydrogens (tertiary/aromatic N) is 1. The molecule has 0 spiro atoms. The smallest absolute Gasteiger partial charge is 0.211 e. The molecule has 4 rings (SSSR count). The lowest BCUT2D eigenvalue weighted by Crippen LogP contribution is -2.33. The molecule has 0 aromatic heterocycles. The predicted octanol–water partition coefficient (Wildman–Crippen LogP) is 2.67. The van der Waals surface area contributed by atoms with E-state index in [1.165, 1.54) is 19.3 Å². The van der Waals surface area contributed by atoms with Crippen LogP contribution in [0.5, 0.6) is 0 Å². The van der Waals surface area contributed by atoms with Crippen molar-refractivity contribution in [1.29, 1.82) is 0 Å². The van der Waals surface area contributed by atoms with Crippen LogP contribution in [0.15, 0.2) is 35.5 Å². The lowest BCUT2D eigenvalue weighted by atomic mass is 9.81. The molecule has 92 valence electrons. The van der Waals surface area contributed by atoms with Crippen LogP contribution in [-0.4, -0.2) is 17.6 Å². The second-order valence-electron chi connectivity index (χ2n) is 5.60. The number of benzene rings is 1. The van der Waals surface area contributed by atoms with Crippen molar-refractivity contribution in [1.82, 2.24) is 0 Å². The third-order valence-corrected chi connectivity index (χ3v) is 4.70. The second-order valence-corrected chi connectivity index (χ2v) is 5.60. The van der Waals surface area contributed by atoms with E-state index >= 15 is 0 Å². The van der Waals surface area contributed by atoms with E-state index in [0.29, 0.717) is 17.5 Å². The minimum absolute atomic E-state index is 0.0515. The van der Waals surface area contributed by atoms with Crippen molar-refractivity contribution in [2.24, 2.45) is 22.9 Å². The third-order valence-electron chi connectivity index (χ3n) is 4.70. The van der Waals surface area contributed by atoms with Gasteiger partial charge in [-0.2, -0.15) is 0 Å². The molecule has 1 aromatic rings. The Morgan fingerprint density at radius 1 is 1.17 bits per heavy atom. The lowest BCUT2D eigenvalue weighted by molar-refractivity contribution is 0.0275. The highest BCUT2D eigenvalue weighted by molar-refractivity contribution is 6.47. The highest BCUT2D eigenvalue weighted by Crippen LogP contribution is 2.52. The van der Waals surface area contributed by atoms with Gasteiger partial charge < -0.3 is 4.84 Å². The van der Waals surface area contributed by atoms with Crippen molar-refractivity contribution in [2.75, 3.05) is 0 Å². The van der Waals surface area contributed by atoms with Gasteiger partial charge in [0.15, 0.2) is 0 Å². The zero-order chi connectivity index (χ0) is 12.1. The maximum Gasteiger partial charge on any atom is 0.211 e. The zero-order valence-corrected chi connectivity index (χ0v) is 10.1. The van der Waals surface area contributed by atoms with Gasteiger partial charge in [-0.1, -0.05) is 35.5 Å². The number of rotatable bonds is 2. The van der Waals surface area contributed by atoms with E-state index in [9.17, 15) is 4.79 Å². The van der Waals surface area contributed by atoms with Crippen molar-refractivity contribution in [3.63, 3.8) is 0 Å². The first-order chi connectivity index (χ1) is 8.84. The molecule has 2 aliphatic carbocycles. The van der Waals surface area contributed by atoms with Gasteiger partial charge in [-0.25, -0.2) is 0 Å². The number of carbonyl (C=O) groups is 1. The quantitative estimate of drug-likeness (QED) is 0.747. The fourth-order valence-electron chi connectivity index (χ4n) is 3.88. The average Bonchev–Trinajstić information content (AvgIpc) is 3.11. The van der Waals surface area contributed by atoms with Crippen LogP contribution in [0.25, 0.3) is 0 Å². The Kier molecular flexibility index (Phi) is 2.10. The van der Waals surface area contributed by atoms with Crippen LogP contribution < -0.4 is 0 Å². The van der Waals surface area contributed by atoms with E-state index < -0.39 is 0 Å². The molecule has 2 saturated carbocycles. The zero-order valence-electron chi connectivity index (χ0n) is 10.1. The van der Waals surface area contributed by atoms with E-state index in [2.05, 4.69) is 5.16 Å². The Morgan fingerprint density at radius 2 is 1.94 bits per heavy atom. The number of carbonyl (C=O) groups excluding carboxylic acids is 1. The molecule has 1 heterocycles. The monoisotopic (exact) mass is 241 g/mol. The summed E-state index contributed by atoms with van der Waals surface area (Å²) in [5, 5.41) is 4.10. The Hall–Kier alpha value is -1.64.